The van der Waals surface area contributed by atoms with Crippen LogP contribution in [0.3, 0.4) is 0 Å². The first-order valence-corrected chi connectivity index (χ1v) is 10.1. The Balaban J connectivity index is 0.00000243. The van der Waals surface area contributed by atoms with Crippen LogP contribution in [0.1, 0.15) is 45.4 Å². The van der Waals surface area contributed by atoms with E-state index in [1.165, 1.54) is 12.8 Å². The van der Waals surface area contributed by atoms with Crippen molar-refractivity contribution in [1.82, 2.24) is 20.4 Å². The second kappa shape index (κ2) is 10.5. The lowest BCUT2D eigenvalue weighted by molar-refractivity contribution is -0.138. The zero-order valence-electron chi connectivity index (χ0n) is 16.0. The van der Waals surface area contributed by atoms with Crippen LogP contribution < -0.4 is 10.6 Å². The highest BCUT2D eigenvalue weighted by molar-refractivity contribution is 5.85. The molecule has 0 spiro atoms. The number of piperazine rings is 1. The summed E-state index contributed by atoms with van der Waals surface area (Å²) in [5, 5.41) is 6.53. The molecule has 0 aromatic carbocycles. The van der Waals surface area contributed by atoms with Gasteiger partial charge in [-0.15, -0.1) is 12.4 Å². The fraction of sp³-hybridized carbons (Fsp3) is 0.895. The maximum atomic E-state index is 12.6. The van der Waals surface area contributed by atoms with Crippen molar-refractivity contribution >= 4 is 24.2 Å². The summed E-state index contributed by atoms with van der Waals surface area (Å²) in [6, 6.07) is 0.360. The standard InChI is InChI=1S/C19H34N4O2.ClH/c1-15-3-2-4-17(13-15)21-18(24)14-22-9-11-23(12-10-22)19(25)16-5-7-20-8-6-16;/h15-17,20H,2-14H2,1H3,(H,21,24);1H. The van der Waals surface area contributed by atoms with Gasteiger partial charge in [-0.25, -0.2) is 0 Å². The van der Waals surface area contributed by atoms with Gasteiger partial charge in [0.05, 0.1) is 6.54 Å². The van der Waals surface area contributed by atoms with E-state index in [9.17, 15) is 9.59 Å². The van der Waals surface area contributed by atoms with Crippen molar-refractivity contribution in [2.75, 3.05) is 45.8 Å². The molecule has 26 heavy (non-hydrogen) atoms. The van der Waals surface area contributed by atoms with Crippen molar-refractivity contribution in [3.63, 3.8) is 0 Å². The summed E-state index contributed by atoms with van der Waals surface area (Å²) in [5.41, 5.74) is 0. The second-order valence-electron chi connectivity index (χ2n) is 8.16. The van der Waals surface area contributed by atoms with Gasteiger partial charge in [-0.1, -0.05) is 19.8 Å². The molecule has 3 rings (SSSR count). The summed E-state index contributed by atoms with van der Waals surface area (Å²) in [5.74, 6) is 1.40. The molecule has 2 heterocycles. The predicted molar refractivity (Wildman–Crippen MR) is 105 cm³/mol. The minimum atomic E-state index is 0. The number of carbonyl (C=O) groups is 2. The fourth-order valence-corrected chi connectivity index (χ4v) is 4.50. The van der Waals surface area contributed by atoms with E-state index in [-0.39, 0.29) is 24.2 Å². The number of nitrogens with zero attached hydrogens (tertiary/aromatic N) is 2. The number of piperidine rings is 1. The van der Waals surface area contributed by atoms with Crippen molar-refractivity contribution in [2.24, 2.45) is 11.8 Å². The number of hydrogen-bond acceptors (Lipinski definition) is 4. The topological polar surface area (TPSA) is 64.7 Å². The number of nitrogens with one attached hydrogen (secondary N) is 2. The molecule has 2 amide bonds. The van der Waals surface area contributed by atoms with E-state index in [0.29, 0.717) is 18.5 Å². The summed E-state index contributed by atoms with van der Waals surface area (Å²) in [4.78, 5) is 29.1. The molecule has 1 aliphatic carbocycles. The Labute approximate surface area is 163 Å². The van der Waals surface area contributed by atoms with Crippen LogP contribution in [0.4, 0.5) is 0 Å². The molecule has 1 saturated carbocycles. The van der Waals surface area contributed by atoms with E-state index >= 15 is 0 Å². The zero-order valence-corrected chi connectivity index (χ0v) is 16.9. The van der Waals surface area contributed by atoms with E-state index in [1.54, 1.807) is 0 Å². The highest BCUT2D eigenvalue weighted by atomic mass is 35.5. The number of carbonyl (C=O) groups excluding carboxylic acids is 2. The summed E-state index contributed by atoms with van der Waals surface area (Å²) in [7, 11) is 0. The Bertz CT molecular complexity index is 462. The second-order valence-corrected chi connectivity index (χ2v) is 8.16. The summed E-state index contributed by atoms with van der Waals surface area (Å²) in [6.07, 6.45) is 6.67. The SMILES string of the molecule is CC1CCCC(NC(=O)CN2CCN(C(=O)C3CCNCC3)CC2)C1.Cl. The van der Waals surface area contributed by atoms with Crippen LogP contribution in [-0.2, 0) is 9.59 Å². The molecule has 2 unspecified atom stereocenters. The number of rotatable bonds is 4. The van der Waals surface area contributed by atoms with Crippen molar-refractivity contribution < 1.29 is 9.59 Å². The van der Waals surface area contributed by atoms with Gasteiger partial charge in [0.15, 0.2) is 0 Å². The molecule has 3 aliphatic rings. The van der Waals surface area contributed by atoms with Gasteiger partial charge in [0.1, 0.15) is 0 Å². The lowest BCUT2D eigenvalue weighted by atomic mass is 9.87. The molecule has 2 saturated heterocycles. The van der Waals surface area contributed by atoms with E-state index in [1.807, 2.05) is 4.90 Å². The van der Waals surface area contributed by atoms with Gasteiger partial charge in [0.25, 0.3) is 0 Å². The van der Waals surface area contributed by atoms with E-state index < -0.39 is 0 Å². The highest BCUT2D eigenvalue weighted by Gasteiger charge is 2.29. The molecule has 2 N–H and O–H groups in total. The molecule has 150 valence electrons. The van der Waals surface area contributed by atoms with E-state index in [2.05, 4.69) is 22.5 Å². The third-order valence-corrected chi connectivity index (χ3v) is 6.04. The minimum Gasteiger partial charge on any atom is -0.352 e. The molecule has 3 fully saturated rings. The number of hydrogen-bond donors (Lipinski definition) is 2. The Morgan fingerprint density at radius 3 is 2.38 bits per heavy atom. The number of amides is 2. The summed E-state index contributed by atoms with van der Waals surface area (Å²) < 4.78 is 0. The lowest BCUT2D eigenvalue weighted by Gasteiger charge is -2.37. The van der Waals surface area contributed by atoms with Crippen molar-refractivity contribution in [3.8, 4) is 0 Å². The van der Waals surface area contributed by atoms with E-state index in [4.69, 9.17) is 0 Å². The Morgan fingerprint density at radius 2 is 1.73 bits per heavy atom. The van der Waals surface area contributed by atoms with Gasteiger partial charge in [0.2, 0.25) is 11.8 Å². The molecule has 2 aliphatic heterocycles. The van der Waals surface area contributed by atoms with Crippen LogP contribution >= 0.6 is 12.4 Å². The average molecular weight is 387 g/mol. The van der Waals surface area contributed by atoms with Crippen LogP contribution in [0.15, 0.2) is 0 Å². The lowest BCUT2D eigenvalue weighted by Crippen LogP contribution is -2.53. The Kier molecular flexibility index (Phi) is 8.64. The van der Waals surface area contributed by atoms with Gasteiger partial charge in [0, 0.05) is 38.1 Å². The Hall–Kier alpha value is -0.850. The van der Waals surface area contributed by atoms with Crippen molar-refractivity contribution in [2.45, 2.75) is 51.5 Å². The van der Waals surface area contributed by atoms with E-state index in [0.717, 1.165) is 70.9 Å². The van der Waals surface area contributed by atoms with Crippen LogP contribution in [0.5, 0.6) is 0 Å². The predicted octanol–water partition coefficient (Wildman–Crippen LogP) is 1.25. The first kappa shape index (κ1) is 21.5. The van der Waals surface area contributed by atoms with Crippen LogP contribution in [0.2, 0.25) is 0 Å². The van der Waals surface area contributed by atoms with Crippen molar-refractivity contribution in [3.05, 3.63) is 0 Å². The molecular formula is C19H35ClN4O2. The molecular weight excluding hydrogens is 352 g/mol. The van der Waals surface area contributed by atoms with Gasteiger partial charge in [-0.05, 0) is 44.7 Å². The molecule has 0 aromatic rings. The highest BCUT2D eigenvalue weighted by Crippen LogP contribution is 2.23. The van der Waals surface area contributed by atoms with Crippen LogP contribution in [0.25, 0.3) is 0 Å². The third kappa shape index (κ3) is 6.10. The third-order valence-electron chi connectivity index (χ3n) is 6.04. The van der Waals surface area contributed by atoms with Gasteiger partial charge in [-0.2, -0.15) is 0 Å². The van der Waals surface area contributed by atoms with Gasteiger partial charge >= 0.3 is 0 Å². The molecule has 2 atom stereocenters. The quantitative estimate of drug-likeness (QED) is 0.763. The molecule has 6 nitrogen and oxygen atoms in total. The first-order valence-electron chi connectivity index (χ1n) is 10.1. The summed E-state index contributed by atoms with van der Waals surface area (Å²) >= 11 is 0. The maximum absolute atomic E-state index is 12.6. The Morgan fingerprint density at radius 1 is 1.04 bits per heavy atom. The fourth-order valence-electron chi connectivity index (χ4n) is 4.50. The molecule has 0 aromatic heterocycles. The largest absolute Gasteiger partial charge is 0.352 e. The van der Waals surface area contributed by atoms with Gasteiger partial charge in [-0.3, -0.25) is 14.5 Å². The monoisotopic (exact) mass is 386 g/mol. The summed E-state index contributed by atoms with van der Waals surface area (Å²) in [6.45, 7) is 7.80. The molecule has 0 radical (unpaired) electrons. The van der Waals surface area contributed by atoms with Crippen LogP contribution in [0, 0.1) is 11.8 Å². The van der Waals surface area contributed by atoms with Crippen molar-refractivity contribution in [1.29, 1.82) is 0 Å². The molecule has 7 heteroatoms. The van der Waals surface area contributed by atoms with Crippen LogP contribution in [-0.4, -0.2) is 73.5 Å². The number of halogens is 1. The normalized spacial score (nSPS) is 28.3. The first-order chi connectivity index (χ1) is 12.1. The van der Waals surface area contributed by atoms with Gasteiger partial charge < -0.3 is 15.5 Å². The zero-order chi connectivity index (χ0) is 17.6. The molecule has 0 bridgehead atoms. The maximum Gasteiger partial charge on any atom is 0.234 e. The average Bonchev–Trinajstić information content (AvgIpc) is 2.62. The minimum absolute atomic E-state index is 0. The smallest absolute Gasteiger partial charge is 0.234 e.